The van der Waals surface area contributed by atoms with Gasteiger partial charge in [0, 0.05) is 49.4 Å². The van der Waals surface area contributed by atoms with Crippen molar-refractivity contribution < 1.29 is 23.0 Å². The maximum Gasteiger partial charge on any atom is 0.282 e. The summed E-state index contributed by atoms with van der Waals surface area (Å²) in [5, 5.41) is 15.0. The van der Waals surface area contributed by atoms with Crippen molar-refractivity contribution in [1.29, 1.82) is 5.26 Å². The van der Waals surface area contributed by atoms with E-state index in [9.17, 15) is 14.0 Å². The van der Waals surface area contributed by atoms with E-state index in [1.165, 1.54) is 16.0 Å². The minimum Gasteiger partial charge on any atom is -0.474 e. The topological polar surface area (TPSA) is 87.1 Å². The van der Waals surface area contributed by atoms with Gasteiger partial charge in [0.25, 0.3) is 6.43 Å². The van der Waals surface area contributed by atoms with Crippen LogP contribution in [0.5, 0.6) is 5.88 Å². The van der Waals surface area contributed by atoms with Crippen LogP contribution < -0.4 is 4.74 Å². The molecule has 0 saturated heterocycles. The Balaban J connectivity index is 1.79. The second-order valence-corrected chi connectivity index (χ2v) is 17.7. The van der Waals surface area contributed by atoms with Gasteiger partial charge in [0.2, 0.25) is 5.88 Å². The summed E-state index contributed by atoms with van der Waals surface area (Å²) in [5.74, 6) is 0.247. The number of hydrogen-bond donors (Lipinski definition) is 0. The van der Waals surface area contributed by atoms with Gasteiger partial charge in [-0.05, 0) is 31.2 Å². The van der Waals surface area contributed by atoms with Gasteiger partial charge in [0.05, 0.1) is 17.8 Å². The van der Waals surface area contributed by atoms with E-state index in [0.29, 0.717) is 34.0 Å². The van der Waals surface area contributed by atoms with Crippen LogP contribution in [-0.4, -0.2) is 53.8 Å². The number of halogens is 2. The molecule has 0 radical (unpaired) electrons. The van der Waals surface area contributed by atoms with Gasteiger partial charge in [-0.15, -0.1) is 11.3 Å². The summed E-state index contributed by atoms with van der Waals surface area (Å²) in [7, 11) is 0.199. The molecule has 4 aromatic heterocycles. The van der Waals surface area contributed by atoms with Crippen LogP contribution in [0.15, 0.2) is 24.4 Å². The van der Waals surface area contributed by atoms with Crippen LogP contribution in [0.3, 0.4) is 0 Å². The molecule has 1 atom stereocenters. The summed E-state index contributed by atoms with van der Waals surface area (Å²) in [4.78, 5) is 6.07. The SMILES string of the molecule is COC1COc2c(-c3c(-c4cc(C)sc4C#N)c4cccnc4n3COCC[Si](C)(C)C)c(C(F)F)nn2C1. The van der Waals surface area contributed by atoms with Crippen molar-refractivity contribution in [2.75, 3.05) is 20.3 Å². The molecule has 5 heterocycles. The van der Waals surface area contributed by atoms with E-state index in [2.05, 4.69) is 35.8 Å². The third kappa shape index (κ3) is 5.24. The first-order valence-electron chi connectivity index (χ1n) is 12.7. The predicted octanol–water partition coefficient (Wildman–Crippen LogP) is 6.47. The third-order valence-electron chi connectivity index (χ3n) is 6.75. The number of pyridine rings is 1. The van der Waals surface area contributed by atoms with Gasteiger partial charge >= 0.3 is 0 Å². The highest BCUT2D eigenvalue weighted by atomic mass is 32.1. The smallest absolute Gasteiger partial charge is 0.282 e. The lowest BCUT2D eigenvalue weighted by molar-refractivity contribution is 0.0179. The number of hydrogen-bond acceptors (Lipinski definition) is 7. The number of rotatable bonds is 9. The lowest BCUT2D eigenvalue weighted by Gasteiger charge is -2.24. The van der Waals surface area contributed by atoms with Crippen molar-refractivity contribution in [3.8, 4) is 34.3 Å². The Hall–Kier alpha value is -3.11. The minimum absolute atomic E-state index is 0.103. The minimum atomic E-state index is -2.86. The van der Waals surface area contributed by atoms with Crippen LogP contribution in [0.1, 0.15) is 21.9 Å². The molecule has 0 N–H and O–H groups in total. The molecule has 5 rings (SSSR count). The molecule has 0 saturated carbocycles. The van der Waals surface area contributed by atoms with Gasteiger partial charge < -0.3 is 18.8 Å². The zero-order chi connectivity index (χ0) is 27.9. The van der Waals surface area contributed by atoms with Crippen molar-refractivity contribution in [1.82, 2.24) is 19.3 Å². The van der Waals surface area contributed by atoms with Crippen molar-refractivity contribution in [2.45, 2.75) is 58.4 Å². The van der Waals surface area contributed by atoms with Crippen LogP contribution in [0, 0.1) is 18.3 Å². The highest BCUT2D eigenvalue weighted by Gasteiger charge is 2.36. The van der Waals surface area contributed by atoms with Gasteiger partial charge in [-0.2, -0.15) is 10.4 Å². The Bertz CT molecular complexity index is 1550. The fraction of sp³-hybridized carbons (Fsp3) is 0.444. The number of aromatic nitrogens is 4. The molecule has 0 aromatic carbocycles. The molecule has 0 aliphatic carbocycles. The molecule has 1 unspecified atom stereocenters. The molecular weight excluding hydrogens is 540 g/mol. The Kier molecular flexibility index (Phi) is 7.61. The number of thiophene rings is 1. The highest BCUT2D eigenvalue weighted by Crippen LogP contribution is 2.49. The van der Waals surface area contributed by atoms with Gasteiger partial charge in [0.15, 0.2) is 0 Å². The van der Waals surface area contributed by atoms with Crippen LogP contribution in [0.25, 0.3) is 33.4 Å². The van der Waals surface area contributed by atoms with Crippen molar-refractivity contribution in [2.24, 2.45) is 0 Å². The normalized spacial score (nSPS) is 15.5. The first kappa shape index (κ1) is 27.5. The number of aryl methyl sites for hydroxylation is 1. The van der Waals surface area contributed by atoms with Gasteiger partial charge in [-0.25, -0.2) is 18.4 Å². The fourth-order valence-corrected chi connectivity index (χ4v) is 6.39. The monoisotopic (exact) mass is 571 g/mol. The first-order valence-corrected chi connectivity index (χ1v) is 17.3. The fourth-order valence-electron chi connectivity index (χ4n) is 4.82. The lowest BCUT2D eigenvalue weighted by atomic mass is 9.98. The summed E-state index contributed by atoms with van der Waals surface area (Å²) >= 11 is 1.37. The van der Waals surface area contributed by atoms with Crippen molar-refractivity contribution in [3.05, 3.63) is 39.8 Å². The van der Waals surface area contributed by atoms with Crippen LogP contribution >= 0.6 is 11.3 Å². The number of alkyl halides is 2. The first-order chi connectivity index (χ1) is 18.6. The van der Waals surface area contributed by atoms with Crippen molar-refractivity contribution in [3.63, 3.8) is 0 Å². The molecule has 1 aliphatic heterocycles. The van der Waals surface area contributed by atoms with E-state index in [4.69, 9.17) is 14.2 Å². The second-order valence-electron chi connectivity index (χ2n) is 10.8. The number of nitrogens with zero attached hydrogens (tertiary/aromatic N) is 5. The van der Waals surface area contributed by atoms with E-state index in [0.717, 1.165) is 16.3 Å². The van der Waals surface area contributed by atoms with Crippen molar-refractivity contribution >= 4 is 30.4 Å². The highest BCUT2D eigenvalue weighted by molar-refractivity contribution is 7.13. The number of methoxy groups -OCH3 is 1. The summed E-state index contributed by atoms with van der Waals surface area (Å²) < 4.78 is 50.1. The van der Waals surface area contributed by atoms with Crippen LogP contribution in [-0.2, 0) is 22.7 Å². The Morgan fingerprint density at radius 2 is 2.10 bits per heavy atom. The average Bonchev–Trinajstić information content (AvgIpc) is 3.55. The Labute approximate surface area is 230 Å². The molecule has 39 heavy (non-hydrogen) atoms. The molecule has 4 aromatic rings. The number of nitriles is 1. The Morgan fingerprint density at radius 3 is 2.79 bits per heavy atom. The van der Waals surface area contributed by atoms with Crippen LogP contribution in [0.2, 0.25) is 25.7 Å². The van der Waals surface area contributed by atoms with E-state index in [1.54, 1.807) is 19.4 Å². The summed E-state index contributed by atoms with van der Waals surface area (Å²) in [6, 6.07) is 8.87. The van der Waals surface area contributed by atoms with E-state index in [1.807, 2.05) is 23.6 Å². The number of ether oxygens (including phenoxy) is 3. The van der Waals surface area contributed by atoms with E-state index < -0.39 is 14.5 Å². The standard InChI is InChI=1S/C27H31F2N5O3SSi/c1-16-11-19(20(12-30)38-16)21-18-7-6-8-31-26(18)33(15-36-9-10-39(3,4)5)24(21)22-23(25(28)29)32-34-13-17(35-2)14-37-27(22)34/h6-8,11,17,25H,9-10,13-15H2,1-5H3. The van der Waals surface area contributed by atoms with Gasteiger partial charge in [0.1, 0.15) is 41.7 Å². The molecular formula is C27H31F2N5O3SSi. The quantitative estimate of drug-likeness (QED) is 0.169. The maximum atomic E-state index is 14.6. The summed E-state index contributed by atoms with van der Waals surface area (Å²) in [6.07, 6.45) is -1.50. The molecule has 1 aliphatic rings. The molecule has 8 nitrogen and oxygen atoms in total. The number of fused-ring (bicyclic) bond motifs is 2. The molecule has 0 spiro atoms. The second kappa shape index (κ2) is 10.8. The molecule has 12 heteroatoms. The molecule has 206 valence electrons. The molecule has 0 amide bonds. The average molecular weight is 572 g/mol. The molecule has 0 fully saturated rings. The van der Waals surface area contributed by atoms with Gasteiger partial charge in [-0.3, -0.25) is 0 Å². The third-order valence-corrected chi connectivity index (χ3v) is 9.41. The summed E-state index contributed by atoms with van der Waals surface area (Å²) in [6.45, 7) is 9.87. The maximum absolute atomic E-state index is 14.6. The van der Waals surface area contributed by atoms with E-state index in [-0.39, 0.29) is 43.1 Å². The summed E-state index contributed by atoms with van der Waals surface area (Å²) in [5.41, 5.74) is 2.14. The Morgan fingerprint density at radius 1 is 1.31 bits per heavy atom. The zero-order valence-corrected chi connectivity index (χ0v) is 24.4. The predicted molar refractivity (Wildman–Crippen MR) is 149 cm³/mol. The van der Waals surface area contributed by atoms with E-state index >= 15 is 0 Å². The van der Waals surface area contributed by atoms with Gasteiger partial charge in [-0.1, -0.05) is 19.6 Å². The van der Waals surface area contributed by atoms with Crippen LogP contribution in [0.4, 0.5) is 8.78 Å². The zero-order valence-electron chi connectivity index (χ0n) is 22.6. The molecule has 0 bridgehead atoms. The largest absolute Gasteiger partial charge is 0.474 e. The lowest BCUT2D eigenvalue weighted by Crippen LogP contribution is -2.32.